The maximum Gasteiger partial charge on any atom is 0.270 e. The third kappa shape index (κ3) is 4.81. The third-order valence-electron chi connectivity index (χ3n) is 3.45. The summed E-state index contributed by atoms with van der Waals surface area (Å²) in [6.07, 6.45) is 1.48. The standard InChI is InChI=1S/C18H18N2O4S/c1-2-3-14-19(15-13-16-7-5-4-6-8-16)25(23,24)18-11-9-17(10-12-18)20(21)22/h4-12H,2-3,14H2,1H3. The molecule has 0 aliphatic carbocycles. The van der Waals surface area contributed by atoms with E-state index in [1.54, 1.807) is 12.1 Å². The molecule has 6 nitrogen and oxygen atoms in total. The van der Waals surface area contributed by atoms with Gasteiger partial charge in [-0.2, -0.15) is 0 Å². The first-order valence-electron chi connectivity index (χ1n) is 7.79. The Morgan fingerprint density at radius 1 is 1.08 bits per heavy atom. The number of nitrogens with zero attached hydrogens (tertiary/aromatic N) is 2. The van der Waals surface area contributed by atoms with Crippen molar-refractivity contribution in [3.05, 3.63) is 70.3 Å². The second-order valence-electron chi connectivity index (χ2n) is 5.28. The van der Waals surface area contributed by atoms with Crippen LogP contribution < -0.4 is 0 Å². The molecule has 0 bridgehead atoms. The molecule has 0 atom stereocenters. The SMILES string of the molecule is CCCCN(C#Cc1ccccc1)S(=O)(=O)c1ccc([N+](=O)[O-])cc1. The van der Waals surface area contributed by atoms with E-state index in [-0.39, 0.29) is 17.1 Å². The van der Waals surface area contributed by atoms with Crippen LogP contribution in [0.25, 0.3) is 0 Å². The van der Waals surface area contributed by atoms with E-state index in [4.69, 9.17) is 0 Å². The van der Waals surface area contributed by atoms with Gasteiger partial charge in [0.05, 0.1) is 9.82 Å². The number of benzene rings is 2. The molecule has 2 aromatic rings. The Kier molecular flexibility index (Phi) is 6.14. The third-order valence-corrected chi connectivity index (χ3v) is 5.17. The molecule has 2 aromatic carbocycles. The molecule has 0 saturated carbocycles. The number of non-ortho nitro benzene ring substituents is 1. The summed E-state index contributed by atoms with van der Waals surface area (Å²) in [5.74, 6) is 2.85. The Morgan fingerprint density at radius 2 is 1.72 bits per heavy atom. The van der Waals surface area contributed by atoms with Crippen LogP contribution >= 0.6 is 0 Å². The first-order chi connectivity index (χ1) is 11.9. The van der Waals surface area contributed by atoms with E-state index in [9.17, 15) is 18.5 Å². The predicted octanol–water partition coefficient (Wildman–Crippen LogP) is 3.39. The number of nitro groups is 1. The molecular formula is C18H18N2O4S. The molecule has 2 rings (SSSR count). The lowest BCUT2D eigenvalue weighted by molar-refractivity contribution is -0.384. The molecule has 0 aliphatic heterocycles. The van der Waals surface area contributed by atoms with E-state index in [0.717, 1.165) is 10.7 Å². The molecule has 0 radical (unpaired) electrons. The number of unbranched alkanes of at least 4 members (excludes halogenated alkanes) is 1. The molecule has 0 unspecified atom stereocenters. The van der Waals surface area contributed by atoms with Gasteiger partial charge in [0.25, 0.3) is 15.7 Å². The smallest absolute Gasteiger partial charge is 0.258 e. The van der Waals surface area contributed by atoms with Gasteiger partial charge in [-0.25, -0.2) is 12.7 Å². The first kappa shape index (κ1) is 18.5. The number of hydrogen-bond donors (Lipinski definition) is 0. The molecule has 0 spiro atoms. The molecule has 0 saturated heterocycles. The van der Waals surface area contributed by atoms with E-state index >= 15 is 0 Å². The average molecular weight is 358 g/mol. The summed E-state index contributed by atoms with van der Waals surface area (Å²) in [4.78, 5) is 10.1. The van der Waals surface area contributed by atoms with Crippen molar-refractivity contribution in [1.29, 1.82) is 0 Å². The van der Waals surface area contributed by atoms with Crippen molar-refractivity contribution in [2.75, 3.05) is 6.54 Å². The normalized spacial score (nSPS) is 10.6. The molecule has 0 N–H and O–H groups in total. The van der Waals surface area contributed by atoms with E-state index in [1.165, 1.54) is 24.3 Å². The number of hydrogen-bond acceptors (Lipinski definition) is 4. The summed E-state index contributed by atoms with van der Waals surface area (Å²) < 4.78 is 26.7. The summed E-state index contributed by atoms with van der Waals surface area (Å²) in [7, 11) is -3.85. The second kappa shape index (κ2) is 8.31. The zero-order valence-electron chi connectivity index (χ0n) is 13.8. The average Bonchev–Trinajstić information content (AvgIpc) is 2.62. The number of sulfonamides is 1. The van der Waals surface area contributed by atoms with Gasteiger partial charge in [-0.05, 0) is 36.6 Å². The largest absolute Gasteiger partial charge is 0.270 e. The Hall–Kier alpha value is -2.85. The minimum Gasteiger partial charge on any atom is -0.258 e. The number of nitro benzene ring substituents is 1. The summed E-state index contributed by atoms with van der Waals surface area (Å²) in [6.45, 7) is 2.22. The minimum absolute atomic E-state index is 0.0171. The van der Waals surface area contributed by atoms with Crippen LogP contribution in [-0.4, -0.2) is 24.2 Å². The zero-order chi connectivity index (χ0) is 18.3. The minimum atomic E-state index is -3.85. The van der Waals surface area contributed by atoms with Crippen molar-refractivity contribution in [2.45, 2.75) is 24.7 Å². The Morgan fingerprint density at radius 3 is 2.28 bits per heavy atom. The molecule has 0 fully saturated rings. The van der Waals surface area contributed by atoms with Crippen LogP contribution in [0.5, 0.6) is 0 Å². The van der Waals surface area contributed by atoms with Gasteiger partial charge in [0.15, 0.2) is 0 Å². The lowest BCUT2D eigenvalue weighted by Crippen LogP contribution is -2.27. The summed E-state index contributed by atoms with van der Waals surface area (Å²) in [5.41, 5.74) is 0.553. The van der Waals surface area contributed by atoms with Crippen molar-refractivity contribution in [2.24, 2.45) is 0 Å². The van der Waals surface area contributed by atoms with Crippen LogP contribution in [0.2, 0.25) is 0 Å². The fraction of sp³-hybridized carbons (Fsp3) is 0.222. The maximum atomic E-state index is 12.8. The topological polar surface area (TPSA) is 80.5 Å². The predicted molar refractivity (Wildman–Crippen MR) is 95.2 cm³/mol. The van der Waals surface area contributed by atoms with Crippen LogP contribution in [-0.2, 0) is 10.0 Å². The summed E-state index contributed by atoms with van der Waals surface area (Å²) in [6, 6.07) is 16.6. The van der Waals surface area contributed by atoms with Gasteiger partial charge >= 0.3 is 0 Å². The van der Waals surface area contributed by atoms with Gasteiger partial charge in [0, 0.05) is 30.3 Å². The van der Waals surface area contributed by atoms with Gasteiger partial charge in [-0.15, -0.1) is 0 Å². The monoisotopic (exact) mass is 358 g/mol. The highest BCUT2D eigenvalue weighted by atomic mass is 32.2. The van der Waals surface area contributed by atoms with Gasteiger partial charge in [0.1, 0.15) is 0 Å². The molecule has 7 heteroatoms. The van der Waals surface area contributed by atoms with Gasteiger partial charge in [0.2, 0.25) is 0 Å². The van der Waals surface area contributed by atoms with Crippen LogP contribution in [0.1, 0.15) is 25.3 Å². The van der Waals surface area contributed by atoms with Crippen molar-refractivity contribution >= 4 is 15.7 Å². The van der Waals surface area contributed by atoms with Gasteiger partial charge < -0.3 is 0 Å². The van der Waals surface area contributed by atoms with Crippen molar-refractivity contribution in [1.82, 2.24) is 4.31 Å². The highest BCUT2D eigenvalue weighted by Gasteiger charge is 2.22. The van der Waals surface area contributed by atoms with E-state index in [1.807, 2.05) is 25.1 Å². The van der Waals surface area contributed by atoms with Crippen LogP contribution in [0.3, 0.4) is 0 Å². The van der Waals surface area contributed by atoms with E-state index in [2.05, 4.69) is 12.0 Å². The van der Waals surface area contributed by atoms with Gasteiger partial charge in [-0.1, -0.05) is 31.5 Å². The van der Waals surface area contributed by atoms with Crippen molar-refractivity contribution in [3.8, 4) is 12.0 Å². The quantitative estimate of drug-likeness (QED) is 0.343. The lowest BCUT2D eigenvalue weighted by Gasteiger charge is -2.17. The summed E-state index contributed by atoms with van der Waals surface area (Å²) >= 11 is 0. The number of rotatable bonds is 6. The molecule has 0 aliphatic rings. The second-order valence-corrected chi connectivity index (χ2v) is 7.15. The van der Waals surface area contributed by atoms with E-state index in [0.29, 0.717) is 12.0 Å². The van der Waals surface area contributed by atoms with Crippen molar-refractivity contribution < 1.29 is 13.3 Å². The molecular weight excluding hydrogens is 340 g/mol. The molecule has 0 amide bonds. The molecule has 25 heavy (non-hydrogen) atoms. The van der Waals surface area contributed by atoms with Crippen LogP contribution in [0, 0.1) is 22.1 Å². The Balaban J connectivity index is 2.35. The Bertz CT molecular complexity index is 882. The zero-order valence-corrected chi connectivity index (χ0v) is 14.6. The van der Waals surface area contributed by atoms with Crippen LogP contribution in [0.15, 0.2) is 59.5 Å². The van der Waals surface area contributed by atoms with Gasteiger partial charge in [-0.3, -0.25) is 10.1 Å². The fourth-order valence-corrected chi connectivity index (χ4v) is 3.32. The fourth-order valence-electron chi connectivity index (χ4n) is 2.05. The van der Waals surface area contributed by atoms with Crippen molar-refractivity contribution in [3.63, 3.8) is 0 Å². The maximum absolute atomic E-state index is 12.8. The van der Waals surface area contributed by atoms with E-state index < -0.39 is 14.9 Å². The molecule has 0 aromatic heterocycles. The van der Waals surface area contributed by atoms with Crippen LogP contribution in [0.4, 0.5) is 5.69 Å². The molecule has 0 heterocycles. The highest BCUT2D eigenvalue weighted by molar-refractivity contribution is 7.89. The summed E-state index contributed by atoms with van der Waals surface area (Å²) in [5, 5.41) is 10.7. The Labute approximate surface area is 147 Å². The first-order valence-corrected chi connectivity index (χ1v) is 9.23. The highest BCUT2D eigenvalue weighted by Crippen LogP contribution is 2.19. The lowest BCUT2D eigenvalue weighted by atomic mass is 10.2. The molecule has 130 valence electrons.